The summed E-state index contributed by atoms with van der Waals surface area (Å²) < 4.78 is 16.4. The molecule has 0 unspecified atom stereocenters. The normalized spacial score (nSPS) is 11.5. The molecule has 0 aromatic heterocycles. The summed E-state index contributed by atoms with van der Waals surface area (Å²) in [5, 5.41) is 0. The molecule has 0 fully saturated rings. The topological polar surface area (TPSA) is 18.5 Å². The van der Waals surface area contributed by atoms with Crippen LogP contribution in [0, 0.1) is 0 Å². The minimum absolute atomic E-state index is 0.896. The Bertz CT molecular complexity index is 384. The Morgan fingerprint density at radius 1 is 0.773 bits per heavy atom. The molecule has 0 aliphatic carbocycles. The molecule has 0 heterocycles. The van der Waals surface area contributed by atoms with E-state index in [1.807, 2.05) is 12.1 Å². The van der Waals surface area contributed by atoms with Gasteiger partial charge in [0.05, 0.1) is 0 Å². The van der Waals surface area contributed by atoms with E-state index < -0.39 is 18.8 Å². The molecule has 0 atom stereocenters. The van der Waals surface area contributed by atoms with Gasteiger partial charge in [-0.2, -0.15) is 0 Å². The van der Waals surface area contributed by atoms with Crippen molar-refractivity contribution in [3.05, 3.63) is 24.3 Å². The molecule has 0 saturated carbocycles. The van der Waals surface area contributed by atoms with Crippen LogP contribution < -0.4 is 7.81 Å². The molecular weight excluding hydrogens is 379 g/mol. The SMILES string of the molecule is CCC[CH2][Sn]([CH2]CCC)([CH2]CCC)[O]c1ccccc1OC. The molecule has 2 nitrogen and oxygen atoms in total. The van der Waals surface area contributed by atoms with Gasteiger partial charge in [0.25, 0.3) is 0 Å². The van der Waals surface area contributed by atoms with Gasteiger partial charge in [-0.15, -0.1) is 0 Å². The average molecular weight is 413 g/mol. The number of unbranched alkanes of at least 4 members (excludes halogenated alkanes) is 3. The number of para-hydroxylation sites is 2. The van der Waals surface area contributed by atoms with Crippen molar-refractivity contribution < 1.29 is 7.81 Å². The van der Waals surface area contributed by atoms with E-state index in [2.05, 4.69) is 32.9 Å². The van der Waals surface area contributed by atoms with Gasteiger partial charge < -0.3 is 0 Å². The number of ether oxygens (including phenoxy) is 1. The molecule has 126 valence electrons. The van der Waals surface area contributed by atoms with Crippen LogP contribution in [0.2, 0.25) is 13.3 Å². The van der Waals surface area contributed by atoms with Crippen molar-refractivity contribution in [3.63, 3.8) is 0 Å². The molecule has 0 spiro atoms. The molecule has 0 saturated heterocycles. The number of hydrogen-bond acceptors (Lipinski definition) is 2. The summed E-state index contributed by atoms with van der Waals surface area (Å²) in [7, 11) is 1.74. The Morgan fingerprint density at radius 3 is 1.64 bits per heavy atom. The fourth-order valence-electron chi connectivity index (χ4n) is 2.96. The summed E-state index contributed by atoms with van der Waals surface area (Å²) in [5.41, 5.74) is 0. The van der Waals surface area contributed by atoms with Gasteiger partial charge in [0.15, 0.2) is 0 Å². The summed E-state index contributed by atoms with van der Waals surface area (Å²) in [5.74, 6) is 1.89. The number of hydrogen-bond donors (Lipinski definition) is 0. The van der Waals surface area contributed by atoms with Crippen LogP contribution in [0.25, 0.3) is 0 Å². The Hall–Kier alpha value is -0.381. The van der Waals surface area contributed by atoms with Crippen LogP contribution in [0.3, 0.4) is 0 Å². The molecule has 1 rings (SSSR count). The second kappa shape index (κ2) is 11.2. The van der Waals surface area contributed by atoms with E-state index in [1.54, 1.807) is 7.11 Å². The van der Waals surface area contributed by atoms with Gasteiger partial charge in [-0.3, -0.25) is 0 Å². The molecular formula is C19H34O2Sn. The van der Waals surface area contributed by atoms with Crippen LogP contribution in [0.1, 0.15) is 59.3 Å². The molecule has 0 aliphatic rings. The molecule has 3 heteroatoms. The van der Waals surface area contributed by atoms with E-state index >= 15 is 0 Å². The van der Waals surface area contributed by atoms with Crippen molar-refractivity contribution in [1.82, 2.24) is 0 Å². The van der Waals surface area contributed by atoms with Crippen molar-refractivity contribution in [2.45, 2.75) is 72.6 Å². The standard InChI is InChI=1S/C7H8O2.3C4H9.Sn/c1-9-7-5-3-2-4-6(7)8;3*1-3-4-2;/h2-5,8H,1H3;3*1,3-4H2,2H3;/q;;;;+1/p-1. The van der Waals surface area contributed by atoms with Gasteiger partial charge in [0.2, 0.25) is 0 Å². The first-order chi connectivity index (χ1) is 10.7. The zero-order valence-electron chi connectivity index (χ0n) is 15.0. The molecule has 0 aliphatic heterocycles. The van der Waals surface area contributed by atoms with Crippen molar-refractivity contribution in [1.29, 1.82) is 0 Å². The van der Waals surface area contributed by atoms with Crippen molar-refractivity contribution >= 4 is 18.8 Å². The Kier molecular flexibility index (Phi) is 10.0. The molecule has 0 radical (unpaired) electrons. The summed E-state index contributed by atoms with van der Waals surface area (Å²) in [6.45, 7) is 6.87. The van der Waals surface area contributed by atoms with E-state index in [9.17, 15) is 0 Å². The van der Waals surface area contributed by atoms with Gasteiger partial charge in [0, 0.05) is 0 Å². The number of rotatable bonds is 12. The summed E-state index contributed by atoms with van der Waals surface area (Å²) >= 11 is -2.60. The fourth-order valence-corrected chi connectivity index (χ4v) is 16.3. The van der Waals surface area contributed by atoms with Crippen LogP contribution in [0.15, 0.2) is 24.3 Å². The van der Waals surface area contributed by atoms with E-state index in [4.69, 9.17) is 7.81 Å². The predicted octanol–water partition coefficient (Wildman–Crippen LogP) is 6.42. The fraction of sp³-hybridized carbons (Fsp3) is 0.684. The van der Waals surface area contributed by atoms with Crippen molar-refractivity contribution in [3.8, 4) is 11.5 Å². The van der Waals surface area contributed by atoms with Gasteiger partial charge >= 0.3 is 142 Å². The number of benzene rings is 1. The minimum atomic E-state index is -2.60. The van der Waals surface area contributed by atoms with Crippen molar-refractivity contribution in [2.24, 2.45) is 0 Å². The molecule has 0 amide bonds. The van der Waals surface area contributed by atoms with E-state index in [-0.39, 0.29) is 0 Å². The molecule has 1 aromatic rings. The van der Waals surface area contributed by atoms with Crippen LogP contribution in [-0.2, 0) is 0 Å². The zero-order chi connectivity index (χ0) is 16.3. The van der Waals surface area contributed by atoms with Crippen molar-refractivity contribution in [2.75, 3.05) is 7.11 Å². The van der Waals surface area contributed by atoms with Gasteiger partial charge in [0.1, 0.15) is 0 Å². The molecule has 1 aromatic carbocycles. The van der Waals surface area contributed by atoms with Crippen LogP contribution >= 0.6 is 0 Å². The quantitative estimate of drug-likeness (QED) is 0.368. The first-order valence-electron chi connectivity index (χ1n) is 9.03. The maximum absolute atomic E-state index is 6.82. The predicted molar refractivity (Wildman–Crippen MR) is 98.5 cm³/mol. The molecule has 22 heavy (non-hydrogen) atoms. The Morgan fingerprint density at radius 2 is 1.23 bits per heavy atom. The third-order valence-electron chi connectivity index (χ3n) is 4.35. The molecule has 0 N–H and O–H groups in total. The van der Waals surface area contributed by atoms with Crippen LogP contribution in [0.4, 0.5) is 0 Å². The van der Waals surface area contributed by atoms with Gasteiger partial charge in [-0.05, 0) is 0 Å². The van der Waals surface area contributed by atoms with Crippen LogP contribution in [-0.4, -0.2) is 25.9 Å². The van der Waals surface area contributed by atoms with Gasteiger partial charge in [-0.1, -0.05) is 0 Å². The monoisotopic (exact) mass is 414 g/mol. The van der Waals surface area contributed by atoms with Gasteiger partial charge in [-0.25, -0.2) is 0 Å². The third kappa shape index (κ3) is 6.39. The zero-order valence-corrected chi connectivity index (χ0v) is 17.8. The first-order valence-corrected chi connectivity index (χ1v) is 16.2. The van der Waals surface area contributed by atoms with E-state index in [1.165, 1.54) is 51.8 Å². The number of methoxy groups -OCH3 is 1. The first kappa shape index (κ1) is 19.7. The maximum atomic E-state index is 6.82. The van der Waals surface area contributed by atoms with E-state index in [0.29, 0.717) is 0 Å². The Labute approximate surface area is 142 Å². The second-order valence-electron chi connectivity index (χ2n) is 6.25. The third-order valence-corrected chi connectivity index (χ3v) is 17.0. The second-order valence-corrected chi connectivity index (χ2v) is 17.9. The van der Waals surface area contributed by atoms with E-state index in [0.717, 1.165) is 11.5 Å². The molecule has 0 bridgehead atoms. The van der Waals surface area contributed by atoms with Crippen LogP contribution in [0.5, 0.6) is 11.5 Å². The average Bonchev–Trinajstić information content (AvgIpc) is 2.56. The summed E-state index contributed by atoms with van der Waals surface area (Å²) in [6, 6.07) is 8.20. The summed E-state index contributed by atoms with van der Waals surface area (Å²) in [4.78, 5) is 0. The summed E-state index contributed by atoms with van der Waals surface area (Å²) in [6.07, 6.45) is 7.76. The Balaban J connectivity index is 2.97.